The van der Waals surface area contributed by atoms with Crippen LogP contribution in [-0.2, 0) is 6.54 Å². The second-order valence-corrected chi connectivity index (χ2v) is 7.95. The Morgan fingerprint density at radius 2 is 1.97 bits per heavy atom. The number of H-pyrrole nitrogens is 1. The summed E-state index contributed by atoms with van der Waals surface area (Å²) in [4.78, 5) is 34.3. The Balaban J connectivity index is 1.48. The van der Waals surface area contributed by atoms with Gasteiger partial charge in [-0.2, -0.15) is 0 Å². The van der Waals surface area contributed by atoms with Gasteiger partial charge in [0.15, 0.2) is 5.78 Å². The number of Topliss-reactive ketones (excluding diaryl/α,β-unsaturated/α-hetero) is 1. The average Bonchev–Trinajstić information content (AvgIpc) is 3.41. The number of nitrogens with one attached hydrogen (secondary N) is 1. The molecule has 0 aliphatic carbocycles. The maximum atomic E-state index is 13.0. The van der Waals surface area contributed by atoms with Crippen LogP contribution in [0.4, 0.5) is 0 Å². The summed E-state index contributed by atoms with van der Waals surface area (Å²) in [5, 5.41) is 0.850. The molecule has 3 heterocycles. The van der Waals surface area contributed by atoms with Crippen molar-refractivity contribution >= 4 is 38.2 Å². The van der Waals surface area contributed by atoms with Gasteiger partial charge < -0.3 is 9.72 Å². The molecule has 5 aromatic rings. The molecule has 0 radical (unpaired) electrons. The molecule has 1 N–H and O–H groups in total. The Kier molecular flexibility index (Phi) is 4.44. The quantitative estimate of drug-likeness (QED) is 0.429. The van der Waals surface area contributed by atoms with E-state index < -0.39 is 0 Å². The van der Waals surface area contributed by atoms with Crippen LogP contribution in [0.15, 0.2) is 71.9 Å². The summed E-state index contributed by atoms with van der Waals surface area (Å²) in [5.74, 6) is 0.638. The lowest BCUT2D eigenvalue weighted by atomic mass is 10.1. The normalized spacial score (nSPS) is 11.2. The number of nitrogens with zero attached hydrogens (tertiary/aromatic N) is 2. The summed E-state index contributed by atoms with van der Waals surface area (Å²) in [7, 11) is 1.62. The molecule has 3 aromatic heterocycles. The largest absolute Gasteiger partial charge is 0.497 e. The van der Waals surface area contributed by atoms with E-state index in [0.717, 1.165) is 27.1 Å². The van der Waals surface area contributed by atoms with Crippen LogP contribution >= 0.6 is 11.3 Å². The van der Waals surface area contributed by atoms with Crippen molar-refractivity contribution in [3.05, 3.63) is 83.0 Å². The molecule has 6 nitrogen and oxygen atoms in total. The third kappa shape index (κ3) is 3.09. The second kappa shape index (κ2) is 7.27. The summed E-state index contributed by atoms with van der Waals surface area (Å²) >= 11 is 1.38. The Labute approximate surface area is 175 Å². The lowest BCUT2D eigenvalue weighted by Crippen LogP contribution is -2.23. The van der Waals surface area contributed by atoms with E-state index in [4.69, 9.17) is 4.74 Å². The number of aromatic nitrogens is 3. The first-order chi connectivity index (χ1) is 14.6. The lowest BCUT2D eigenvalue weighted by Gasteiger charge is -2.04. The highest BCUT2D eigenvalue weighted by Gasteiger charge is 2.16. The van der Waals surface area contributed by atoms with Gasteiger partial charge in [-0.15, -0.1) is 11.3 Å². The molecule has 0 bridgehead atoms. The van der Waals surface area contributed by atoms with Crippen LogP contribution in [-0.4, -0.2) is 27.4 Å². The fourth-order valence-electron chi connectivity index (χ4n) is 3.50. The van der Waals surface area contributed by atoms with Crippen molar-refractivity contribution in [1.82, 2.24) is 14.5 Å². The fourth-order valence-corrected chi connectivity index (χ4v) is 4.56. The first kappa shape index (κ1) is 18.3. The first-order valence-electron chi connectivity index (χ1n) is 9.37. The van der Waals surface area contributed by atoms with Crippen molar-refractivity contribution in [3.63, 3.8) is 0 Å². The van der Waals surface area contributed by atoms with Crippen molar-refractivity contribution in [1.29, 1.82) is 0 Å². The molecule has 0 aliphatic heterocycles. The summed E-state index contributed by atoms with van der Waals surface area (Å²) in [5.41, 5.74) is 2.87. The van der Waals surface area contributed by atoms with Gasteiger partial charge in [0.25, 0.3) is 5.56 Å². The van der Waals surface area contributed by atoms with E-state index in [2.05, 4.69) is 9.97 Å². The molecule has 0 atom stereocenters. The molecule has 148 valence electrons. The molecule has 0 aliphatic rings. The number of hydrogen-bond donors (Lipinski definition) is 1. The maximum absolute atomic E-state index is 13.0. The third-order valence-corrected chi connectivity index (χ3v) is 6.24. The molecule has 0 spiro atoms. The van der Waals surface area contributed by atoms with Crippen LogP contribution < -0.4 is 10.3 Å². The number of fused-ring (bicyclic) bond motifs is 2. The first-order valence-corrected chi connectivity index (χ1v) is 10.2. The van der Waals surface area contributed by atoms with Crippen LogP contribution in [0.2, 0.25) is 0 Å². The average molecular weight is 415 g/mol. The minimum Gasteiger partial charge on any atom is -0.497 e. The number of carbonyl (C=O) groups excluding carboxylic acids is 1. The summed E-state index contributed by atoms with van der Waals surface area (Å²) < 4.78 is 7.11. The monoisotopic (exact) mass is 415 g/mol. The molecule has 5 rings (SSSR count). The number of ether oxygens (including phenoxy) is 1. The van der Waals surface area contributed by atoms with E-state index >= 15 is 0 Å². The molecule has 0 saturated carbocycles. The molecule has 30 heavy (non-hydrogen) atoms. The number of rotatable bonds is 5. The van der Waals surface area contributed by atoms with Crippen molar-refractivity contribution in [3.8, 4) is 16.2 Å². The van der Waals surface area contributed by atoms with E-state index in [1.807, 2.05) is 54.6 Å². The minimum atomic E-state index is -0.210. The smallest absolute Gasteiger partial charge is 0.271 e. The zero-order valence-electron chi connectivity index (χ0n) is 16.1. The van der Waals surface area contributed by atoms with Crippen molar-refractivity contribution in [2.45, 2.75) is 6.54 Å². The minimum absolute atomic E-state index is 0.0562. The maximum Gasteiger partial charge on any atom is 0.271 e. The zero-order valence-corrected chi connectivity index (χ0v) is 16.9. The predicted molar refractivity (Wildman–Crippen MR) is 118 cm³/mol. The Hall–Kier alpha value is -3.71. The van der Waals surface area contributed by atoms with Crippen molar-refractivity contribution in [2.24, 2.45) is 0 Å². The van der Waals surface area contributed by atoms with E-state index in [-0.39, 0.29) is 17.9 Å². The number of benzene rings is 2. The number of carbonyl (C=O) groups is 1. The van der Waals surface area contributed by atoms with Crippen LogP contribution in [0.1, 0.15) is 10.4 Å². The van der Waals surface area contributed by atoms with Gasteiger partial charge >= 0.3 is 0 Å². The van der Waals surface area contributed by atoms with Gasteiger partial charge in [0.2, 0.25) is 0 Å². The molecule has 7 heteroatoms. The summed E-state index contributed by atoms with van der Waals surface area (Å²) in [6.45, 7) is -0.0562. The number of ketones is 1. The zero-order chi connectivity index (χ0) is 20.7. The molecule has 0 amide bonds. The summed E-state index contributed by atoms with van der Waals surface area (Å²) in [6, 6.07) is 17.2. The highest BCUT2D eigenvalue weighted by molar-refractivity contribution is 7.22. The second-order valence-electron chi connectivity index (χ2n) is 6.90. The van der Waals surface area contributed by atoms with Crippen LogP contribution in [0.5, 0.6) is 5.75 Å². The van der Waals surface area contributed by atoms with E-state index in [0.29, 0.717) is 15.8 Å². The number of hydrogen-bond acceptors (Lipinski definition) is 5. The Bertz CT molecular complexity index is 1440. The third-order valence-electron chi connectivity index (χ3n) is 5.08. The highest BCUT2D eigenvalue weighted by atomic mass is 32.1. The lowest BCUT2D eigenvalue weighted by molar-refractivity contribution is 0.0972. The van der Waals surface area contributed by atoms with Crippen molar-refractivity contribution in [2.75, 3.05) is 7.11 Å². The number of methoxy groups -OCH3 is 1. The SMILES string of the molecule is COc1ccc(-c2cc3ncn(CC(=O)c4c[nH]c5ccccc45)c(=O)c3s2)cc1. The van der Waals surface area contributed by atoms with Crippen LogP contribution in [0.3, 0.4) is 0 Å². The van der Waals surface area contributed by atoms with E-state index in [1.165, 1.54) is 22.2 Å². The number of para-hydroxylation sites is 1. The Morgan fingerprint density at radius 1 is 1.17 bits per heavy atom. The molecule has 0 fully saturated rings. The molecular formula is C23H17N3O3S. The summed E-state index contributed by atoms with van der Waals surface area (Å²) in [6.07, 6.45) is 3.14. The van der Waals surface area contributed by atoms with Crippen LogP contribution in [0, 0.1) is 0 Å². The van der Waals surface area contributed by atoms with Gasteiger partial charge in [-0.1, -0.05) is 18.2 Å². The fraction of sp³-hybridized carbons (Fsp3) is 0.0870. The topological polar surface area (TPSA) is 77.0 Å². The van der Waals surface area contributed by atoms with Gasteiger partial charge in [-0.05, 0) is 42.0 Å². The molecule has 2 aromatic carbocycles. The van der Waals surface area contributed by atoms with Crippen LogP contribution in [0.25, 0.3) is 31.6 Å². The van der Waals surface area contributed by atoms with Gasteiger partial charge in [-0.25, -0.2) is 4.98 Å². The Morgan fingerprint density at radius 3 is 2.77 bits per heavy atom. The molecule has 0 unspecified atom stereocenters. The van der Waals surface area contributed by atoms with Crippen molar-refractivity contribution < 1.29 is 9.53 Å². The molecular weight excluding hydrogens is 398 g/mol. The van der Waals surface area contributed by atoms with Gasteiger partial charge in [0.05, 0.1) is 25.5 Å². The van der Waals surface area contributed by atoms with Gasteiger partial charge in [0.1, 0.15) is 10.4 Å². The number of aromatic amines is 1. The number of thiophene rings is 1. The van der Waals surface area contributed by atoms with Gasteiger partial charge in [-0.3, -0.25) is 14.2 Å². The van der Waals surface area contributed by atoms with Gasteiger partial charge in [0, 0.05) is 27.5 Å². The highest BCUT2D eigenvalue weighted by Crippen LogP contribution is 2.31. The van der Waals surface area contributed by atoms with E-state index in [9.17, 15) is 9.59 Å². The predicted octanol–water partition coefficient (Wildman–Crippen LogP) is 4.50. The molecule has 0 saturated heterocycles. The van der Waals surface area contributed by atoms with E-state index in [1.54, 1.807) is 13.3 Å². The standard InChI is InChI=1S/C23H17N3O3S/c1-29-15-8-6-14(7-9-15)21-10-19-22(30-21)23(28)26(13-25-19)12-20(27)17-11-24-18-5-3-2-4-16(17)18/h2-11,13,24H,12H2,1H3.